The van der Waals surface area contributed by atoms with Crippen LogP contribution < -0.4 is 5.32 Å². The van der Waals surface area contributed by atoms with Crippen molar-refractivity contribution in [2.75, 3.05) is 19.8 Å². The van der Waals surface area contributed by atoms with Crippen LogP contribution in [0.3, 0.4) is 0 Å². The lowest BCUT2D eigenvalue weighted by Crippen LogP contribution is -2.45. The number of esters is 1. The van der Waals surface area contributed by atoms with Gasteiger partial charge in [-0.05, 0) is 43.4 Å². The summed E-state index contributed by atoms with van der Waals surface area (Å²) in [6, 6.07) is 5.59. The number of aliphatic hydroxyl groups is 2. The molecule has 0 saturated heterocycles. The normalized spacial score (nSPS) is 12.5. The minimum atomic E-state index is -1.26. The predicted octanol–water partition coefficient (Wildman–Crippen LogP) is 1.85. The quantitative estimate of drug-likeness (QED) is 0.434. The largest absolute Gasteiger partial charge is 0.462 e. The number of amides is 1. The van der Waals surface area contributed by atoms with Crippen LogP contribution in [0.25, 0.3) is 0 Å². The number of aliphatic hydroxyl groups excluding tert-OH is 2. The smallest absolute Gasteiger partial charge is 0.338 e. The molecule has 1 aromatic rings. The van der Waals surface area contributed by atoms with Crippen molar-refractivity contribution in [1.82, 2.24) is 5.32 Å². The Bertz CT molecular complexity index is 612. The zero-order chi connectivity index (χ0) is 19.7. The number of rotatable bonds is 10. The predicted molar refractivity (Wildman–Crippen MR) is 100.0 cm³/mol. The lowest BCUT2D eigenvalue weighted by molar-refractivity contribution is -0.137. The molecule has 0 aliphatic carbocycles. The first-order valence-corrected chi connectivity index (χ1v) is 9.13. The number of ether oxygens (including phenoxy) is 1. The number of carbonyl (C=O) groups excluding carboxylic acids is 2. The molecule has 0 aromatic heterocycles. The summed E-state index contributed by atoms with van der Waals surface area (Å²) < 4.78 is 5.11. The standard InChI is InChI=1S/C20H31NO5/c1-5-15-14(9-7-11-16(15)19(25)26-6-2)10-8-12-21-18(24)17(23)20(3,4)13-22/h7,9,11,17,22-23H,5-6,8,10,12-13H2,1-4H3,(H,21,24). The zero-order valence-electron chi connectivity index (χ0n) is 16.2. The third kappa shape index (κ3) is 5.81. The average Bonchev–Trinajstić information content (AvgIpc) is 2.64. The molecule has 0 aliphatic heterocycles. The van der Waals surface area contributed by atoms with Gasteiger partial charge in [0.05, 0.1) is 18.8 Å². The number of aryl methyl sites for hydroxylation is 1. The molecule has 0 fully saturated rings. The molecule has 1 unspecified atom stereocenters. The highest BCUT2D eigenvalue weighted by atomic mass is 16.5. The van der Waals surface area contributed by atoms with E-state index in [0.29, 0.717) is 31.6 Å². The molecule has 1 atom stereocenters. The molecule has 1 aromatic carbocycles. The molecule has 0 heterocycles. The second-order valence-corrected chi connectivity index (χ2v) is 6.96. The second-order valence-electron chi connectivity index (χ2n) is 6.96. The molecule has 1 amide bonds. The first-order valence-electron chi connectivity index (χ1n) is 9.13. The lowest BCUT2D eigenvalue weighted by atomic mass is 9.87. The molecular formula is C20H31NO5. The van der Waals surface area contributed by atoms with Gasteiger partial charge in [-0.15, -0.1) is 0 Å². The summed E-state index contributed by atoms with van der Waals surface area (Å²) in [7, 11) is 0. The van der Waals surface area contributed by atoms with Crippen molar-refractivity contribution < 1.29 is 24.5 Å². The van der Waals surface area contributed by atoms with Crippen LogP contribution in [0.2, 0.25) is 0 Å². The van der Waals surface area contributed by atoms with Gasteiger partial charge in [0.25, 0.3) is 0 Å². The van der Waals surface area contributed by atoms with Crippen molar-refractivity contribution in [3.05, 3.63) is 34.9 Å². The van der Waals surface area contributed by atoms with Gasteiger partial charge >= 0.3 is 5.97 Å². The molecule has 0 spiro atoms. The zero-order valence-corrected chi connectivity index (χ0v) is 16.2. The molecule has 6 heteroatoms. The summed E-state index contributed by atoms with van der Waals surface area (Å²) in [5.74, 6) is -0.797. The first-order chi connectivity index (χ1) is 12.3. The van der Waals surface area contributed by atoms with Crippen molar-refractivity contribution in [1.29, 1.82) is 0 Å². The molecule has 0 bridgehead atoms. The number of benzene rings is 1. The molecule has 146 valence electrons. The molecule has 3 N–H and O–H groups in total. The number of hydrogen-bond donors (Lipinski definition) is 3. The topological polar surface area (TPSA) is 95.9 Å². The van der Waals surface area contributed by atoms with Crippen molar-refractivity contribution in [3.63, 3.8) is 0 Å². The van der Waals surface area contributed by atoms with E-state index in [-0.39, 0.29) is 12.6 Å². The van der Waals surface area contributed by atoms with Crippen LogP contribution in [0, 0.1) is 5.41 Å². The van der Waals surface area contributed by atoms with E-state index in [1.54, 1.807) is 26.8 Å². The van der Waals surface area contributed by atoms with E-state index in [2.05, 4.69) is 5.32 Å². The number of carbonyl (C=O) groups is 2. The fraction of sp³-hybridized carbons (Fsp3) is 0.600. The minimum absolute atomic E-state index is 0.276. The summed E-state index contributed by atoms with van der Waals surface area (Å²) >= 11 is 0. The average molecular weight is 365 g/mol. The van der Waals surface area contributed by atoms with Crippen LogP contribution in [0.15, 0.2) is 18.2 Å². The van der Waals surface area contributed by atoms with Gasteiger partial charge in [0, 0.05) is 12.0 Å². The Morgan fingerprint density at radius 3 is 2.54 bits per heavy atom. The van der Waals surface area contributed by atoms with E-state index in [4.69, 9.17) is 4.74 Å². The van der Waals surface area contributed by atoms with Crippen LogP contribution >= 0.6 is 0 Å². The van der Waals surface area contributed by atoms with Gasteiger partial charge in [-0.1, -0.05) is 32.9 Å². The molecule has 0 radical (unpaired) electrons. The molecule has 1 rings (SSSR count). The van der Waals surface area contributed by atoms with E-state index in [0.717, 1.165) is 17.5 Å². The van der Waals surface area contributed by atoms with Crippen molar-refractivity contribution >= 4 is 11.9 Å². The highest BCUT2D eigenvalue weighted by Gasteiger charge is 2.32. The van der Waals surface area contributed by atoms with Gasteiger partial charge in [-0.2, -0.15) is 0 Å². The Hall–Kier alpha value is -1.92. The SMILES string of the molecule is CCOC(=O)c1cccc(CCCNC(=O)C(O)C(C)(C)CO)c1CC. The Kier molecular flexibility index (Phi) is 8.75. The molecule has 0 aliphatic rings. The first kappa shape index (κ1) is 22.1. The van der Waals surface area contributed by atoms with Gasteiger partial charge in [0.15, 0.2) is 0 Å². The van der Waals surface area contributed by atoms with Crippen LogP contribution in [0.1, 0.15) is 55.6 Å². The monoisotopic (exact) mass is 365 g/mol. The number of hydrogen-bond acceptors (Lipinski definition) is 5. The maximum absolute atomic E-state index is 12.1. The lowest BCUT2D eigenvalue weighted by Gasteiger charge is -2.27. The van der Waals surface area contributed by atoms with E-state index in [1.807, 2.05) is 19.1 Å². The Balaban J connectivity index is 2.64. The van der Waals surface area contributed by atoms with E-state index in [9.17, 15) is 19.8 Å². The van der Waals surface area contributed by atoms with Gasteiger partial charge in [0.2, 0.25) is 5.91 Å². The fourth-order valence-electron chi connectivity index (χ4n) is 2.71. The molecule has 0 saturated carbocycles. The molecular weight excluding hydrogens is 334 g/mol. The minimum Gasteiger partial charge on any atom is -0.462 e. The van der Waals surface area contributed by atoms with Gasteiger partial charge in [-0.25, -0.2) is 4.79 Å². The molecule has 26 heavy (non-hydrogen) atoms. The Morgan fingerprint density at radius 2 is 1.96 bits per heavy atom. The summed E-state index contributed by atoms with van der Waals surface area (Å²) in [6.45, 7) is 7.51. The summed E-state index contributed by atoms with van der Waals surface area (Å²) in [6.07, 6.45) is 0.846. The van der Waals surface area contributed by atoms with Gasteiger partial charge in [0.1, 0.15) is 6.10 Å². The van der Waals surface area contributed by atoms with Crippen molar-refractivity contribution in [2.24, 2.45) is 5.41 Å². The van der Waals surface area contributed by atoms with Crippen molar-refractivity contribution in [3.8, 4) is 0 Å². The summed E-state index contributed by atoms with van der Waals surface area (Å²) in [5.41, 5.74) is 1.74. The second kappa shape index (κ2) is 10.3. The maximum Gasteiger partial charge on any atom is 0.338 e. The van der Waals surface area contributed by atoms with Gasteiger partial charge < -0.3 is 20.3 Å². The highest BCUT2D eigenvalue weighted by molar-refractivity contribution is 5.91. The Labute approximate surface area is 155 Å². The highest BCUT2D eigenvalue weighted by Crippen LogP contribution is 2.20. The van der Waals surface area contributed by atoms with E-state index < -0.39 is 17.4 Å². The Morgan fingerprint density at radius 1 is 1.27 bits per heavy atom. The van der Waals surface area contributed by atoms with Gasteiger partial charge in [-0.3, -0.25) is 4.79 Å². The summed E-state index contributed by atoms with van der Waals surface area (Å²) in [4.78, 5) is 24.0. The fourth-order valence-corrected chi connectivity index (χ4v) is 2.71. The van der Waals surface area contributed by atoms with Crippen LogP contribution in [-0.4, -0.2) is 48.0 Å². The van der Waals surface area contributed by atoms with Crippen LogP contribution in [-0.2, 0) is 22.4 Å². The third-order valence-electron chi connectivity index (χ3n) is 4.44. The maximum atomic E-state index is 12.1. The summed E-state index contributed by atoms with van der Waals surface area (Å²) in [5, 5.41) is 21.9. The number of nitrogens with one attached hydrogen (secondary N) is 1. The van der Waals surface area contributed by atoms with Crippen LogP contribution in [0.5, 0.6) is 0 Å². The molecule has 6 nitrogen and oxygen atoms in total. The van der Waals surface area contributed by atoms with E-state index >= 15 is 0 Å². The third-order valence-corrected chi connectivity index (χ3v) is 4.44. The van der Waals surface area contributed by atoms with E-state index in [1.165, 1.54) is 0 Å². The van der Waals surface area contributed by atoms with Crippen LogP contribution in [0.4, 0.5) is 0 Å². The van der Waals surface area contributed by atoms with Crippen molar-refractivity contribution in [2.45, 2.75) is 53.1 Å².